The first kappa shape index (κ1) is 16.6. The highest BCUT2D eigenvalue weighted by Crippen LogP contribution is 2.30. The van der Waals surface area contributed by atoms with Gasteiger partial charge in [-0.25, -0.2) is 0 Å². The van der Waals surface area contributed by atoms with Crippen molar-refractivity contribution in [1.82, 2.24) is 4.90 Å². The second kappa shape index (κ2) is 6.18. The lowest BCUT2D eigenvalue weighted by atomic mass is 9.95. The van der Waals surface area contributed by atoms with Crippen molar-refractivity contribution in [3.63, 3.8) is 0 Å². The topological polar surface area (TPSA) is 110 Å². The van der Waals surface area contributed by atoms with Crippen molar-refractivity contribution in [2.75, 3.05) is 19.7 Å². The largest absolute Gasteiger partial charge is 0.388 e. The molecule has 21 heavy (non-hydrogen) atoms. The van der Waals surface area contributed by atoms with E-state index in [0.29, 0.717) is 18.9 Å². The van der Waals surface area contributed by atoms with Gasteiger partial charge in [-0.3, -0.25) is 4.79 Å². The number of hydrogen-bond acceptors (Lipinski definition) is 6. The number of carbonyl (C=O) groups is 1. The molecule has 2 aliphatic heterocycles. The maximum atomic E-state index is 12.3. The number of hydrogen-bond donors (Lipinski definition) is 4. The normalized spacial score (nSPS) is 41.1. The summed E-state index contributed by atoms with van der Waals surface area (Å²) in [4.78, 5) is 13.7. The van der Waals surface area contributed by atoms with E-state index >= 15 is 0 Å². The first-order chi connectivity index (χ1) is 9.74. The Kier molecular flexibility index (Phi) is 4.89. The predicted molar refractivity (Wildman–Crippen MR) is 73.1 cm³/mol. The fraction of sp³-hybridized carbons (Fsp3) is 0.929. The third kappa shape index (κ3) is 3.37. The van der Waals surface area contributed by atoms with Gasteiger partial charge in [0.1, 0.15) is 18.3 Å². The molecule has 2 rings (SSSR count). The maximum Gasteiger partial charge on any atom is 0.225 e. The SMILES string of the molecule is CC(C)CC1CCN(CC2(O)OCC(O)C(O)C2O)C1=O. The van der Waals surface area contributed by atoms with Gasteiger partial charge >= 0.3 is 0 Å². The van der Waals surface area contributed by atoms with E-state index in [1.54, 1.807) is 0 Å². The van der Waals surface area contributed by atoms with Gasteiger partial charge in [0.15, 0.2) is 0 Å². The van der Waals surface area contributed by atoms with Crippen LogP contribution < -0.4 is 0 Å². The number of aliphatic hydroxyl groups is 4. The molecule has 2 fully saturated rings. The molecule has 0 saturated carbocycles. The fourth-order valence-electron chi connectivity index (χ4n) is 3.05. The zero-order valence-electron chi connectivity index (χ0n) is 12.5. The third-order valence-corrected chi connectivity index (χ3v) is 4.27. The monoisotopic (exact) mass is 303 g/mol. The van der Waals surface area contributed by atoms with Crippen LogP contribution in [0.4, 0.5) is 0 Å². The Hall–Kier alpha value is -0.730. The van der Waals surface area contributed by atoms with Crippen LogP contribution in [0.25, 0.3) is 0 Å². The minimum absolute atomic E-state index is 0.0615. The Morgan fingerprint density at radius 2 is 2.05 bits per heavy atom. The Morgan fingerprint density at radius 1 is 1.38 bits per heavy atom. The highest BCUT2D eigenvalue weighted by atomic mass is 16.6. The van der Waals surface area contributed by atoms with Crippen LogP contribution in [-0.4, -0.2) is 75.0 Å². The Balaban J connectivity index is 2.00. The lowest BCUT2D eigenvalue weighted by Crippen LogP contribution is -2.64. The van der Waals surface area contributed by atoms with Crippen LogP contribution in [0.1, 0.15) is 26.7 Å². The molecule has 7 heteroatoms. The van der Waals surface area contributed by atoms with Crippen molar-refractivity contribution in [3.8, 4) is 0 Å². The van der Waals surface area contributed by atoms with Gasteiger partial charge in [-0.2, -0.15) is 0 Å². The van der Waals surface area contributed by atoms with E-state index in [-0.39, 0.29) is 25.0 Å². The summed E-state index contributed by atoms with van der Waals surface area (Å²) in [6.45, 7) is 4.11. The molecule has 0 aromatic carbocycles. The number of aliphatic hydroxyl groups excluding tert-OH is 3. The smallest absolute Gasteiger partial charge is 0.225 e. The number of ether oxygens (including phenoxy) is 1. The maximum absolute atomic E-state index is 12.3. The van der Waals surface area contributed by atoms with Crippen LogP contribution in [0.2, 0.25) is 0 Å². The number of carbonyl (C=O) groups excluding carboxylic acids is 1. The van der Waals surface area contributed by atoms with E-state index < -0.39 is 24.1 Å². The molecule has 5 unspecified atom stereocenters. The zero-order chi connectivity index (χ0) is 15.8. The van der Waals surface area contributed by atoms with Crippen LogP contribution in [0.5, 0.6) is 0 Å². The number of β-amino-alcohol motifs (C(OH)–C–C–N with tert-alkyl or cyclic N) is 1. The van der Waals surface area contributed by atoms with E-state index in [1.807, 2.05) is 0 Å². The second-order valence-corrected chi connectivity index (χ2v) is 6.53. The van der Waals surface area contributed by atoms with E-state index in [2.05, 4.69) is 13.8 Å². The van der Waals surface area contributed by atoms with Gasteiger partial charge in [-0.1, -0.05) is 13.8 Å². The third-order valence-electron chi connectivity index (χ3n) is 4.27. The molecule has 0 spiro atoms. The van der Waals surface area contributed by atoms with Crippen molar-refractivity contribution < 1.29 is 30.0 Å². The number of amides is 1. The van der Waals surface area contributed by atoms with E-state index in [9.17, 15) is 25.2 Å². The van der Waals surface area contributed by atoms with Gasteiger partial charge in [0, 0.05) is 12.5 Å². The van der Waals surface area contributed by atoms with Crippen LogP contribution in [-0.2, 0) is 9.53 Å². The number of nitrogens with zero attached hydrogens (tertiary/aromatic N) is 1. The fourth-order valence-corrected chi connectivity index (χ4v) is 3.05. The van der Waals surface area contributed by atoms with Gasteiger partial charge < -0.3 is 30.1 Å². The average molecular weight is 303 g/mol. The summed E-state index contributed by atoms with van der Waals surface area (Å²) < 4.78 is 5.09. The van der Waals surface area contributed by atoms with Crippen molar-refractivity contribution in [1.29, 1.82) is 0 Å². The molecule has 0 aromatic heterocycles. The molecule has 0 aliphatic carbocycles. The lowest BCUT2D eigenvalue weighted by molar-refractivity contribution is -0.323. The lowest BCUT2D eigenvalue weighted by Gasteiger charge is -2.43. The van der Waals surface area contributed by atoms with E-state index in [4.69, 9.17) is 4.74 Å². The van der Waals surface area contributed by atoms with Crippen molar-refractivity contribution in [2.24, 2.45) is 11.8 Å². The molecule has 0 bridgehead atoms. The van der Waals surface area contributed by atoms with Gasteiger partial charge in [0.25, 0.3) is 0 Å². The first-order valence-electron chi connectivity index (χ1n) is 7.44. The van der Waals surface area contributed by atoms with E-state index in [1.165, 1.54) is 4.90 Å². The molecule has 7 nitrogen and oxygen atoms in total. The molecular formula is C14H25NO6. The molecule has 4 N–H and O–H groups in total. The summed E-state index contributed by atoms with van der Waals surface area (Å²) in [5.74, 6) is -1.75. The molecular weight excluding hydrogens is 278 g/mol. The molecule has 0 aromatic rings. The predicted octanol–water partition coefficient (Wildman–Crippen LogP) is -1.32. The Labute approximate surface area is 124 Å². The van der Waals surface area contributed by atoms with Crippen molar-refractivity contribution in [3.05, 3.63) is 0 Å². The molecule has 1 amide bonds. The molecule has 5 atom stereocenters. The summed E-state index contributed by atoms with van der Waals surface area (Å²) in [6.07, 6.45) is -2.89. The first-order valence-corrected chi connectivity index (χ1v) is 7.44. The summed E-state index contributed by atoms with van der Waals surface area (Å²) in [5, 5.41) is 39.3. The van der Waals surface area contributed by atoms with Gasteiger partial charge in [-0.05, 0) is 18.8 Å². The average Bonchev–Trinajstić information content (AvgIpc) is 2.74. The highest BCUT2D eigenvalue weighted by Gasteiger charge is 2.50. The number of likely N-dealkylation sites (tertiary alicyclic amines) is 1. The minimum atomic E-state index is -2.04. The molecule has 122 valence electrons. The summed E-state index contributed by atoms with van der Waals surface area (Å²) >= 11 is 0. The summed E-state index contributed by atoms with van der Waals surface area (Å²) in [6, 6.07) is 0. The molecule has 2 saturated heterocycles. The summed E-state index contributed by atoms with van der Waals surface area (Å²) in [5.41, 5.74) is 0. The van der Waals surface area contributed by atoms with Gasteiger partial charge in [0.2, 0.25) is 11.7 Å². The van der Waals surface area contributed by atoms with Gasteiger partial charge in [0.05, 0.1) is 13.2 Å². The second-order valence-electron chi connectivity index (χ2n) is 6.53. The standard InChI is InChI=1S/C14H25NO6/c1-8(2)5-9-3-4-15(13(9)19)7-14(20)12(18)11(17)10(16)6-21-14/h8-12,16-18,20H,3-7H2,1-2H3. The Morgan fingerprint density at radius 3 is 2.67 bits per heavy atom. The molecule has 2 aliphatic rings. The molecule has 0 radical (unpaired) electrons. The van der Waals surface area contributed by atoms with Gasteiger partial charge in [-0.15, -0.1) is 0 Å². The summed E-state index contributed by atoms with van der Waals surface area (Å²) in [7, 11) is 0. The van der Waals surface area contributed by atoms with Crippen LogP contribution in [0.15, 0.2) is 0 Å². The van der Waals surface area contributed by atoms with Crippen LogP contribution >= 0.6 is 0 Å². The van der Waals surface area contributed by atoms with Crippen LogP contribution in [0.3, 0.4) is 0 Å². The highest BCUT2D eigenvalue weighted by molar-refractivity contribution is 5.80. The number of rotatable bonds is 4. The minimum Gasteiger partial charge on any atom is -0.388 e. The van der Waals surface area contributed by atoms with Crippen molar-refractivity contribution in [2.45, 2.75) is 50.8 Å². The zero-order valence-corrected chi connectivity index (χ0v) is 12.5. The molecule has 2 heterocycles. The van der Waals surface area contributed by atoms with E-state index in [0.717, 1.165) is 6.42 Å². The van der Waals surface area contributed by atoms with Crippen LogP contribution in [0, 0.1) is 11.8 Å². The van der Waals surface area contributed by atoms with Crippen molar-refractivity contribution >= 4 is 5.91 Å². The quantitative estimate of drug-likeness (QED) is 0.513. The Bertz CT molecular complexity index is 390.